The molecule has 0 atom stereocenters. The molecule has 0 unspecified atom stereocenters. The summed E-state index contributed by atoms with van der Waals surface area (Å²) in [5.74, 6) is 2.18. The fourth-order valence-corrected chi connectivity index (χ4v) is 2.59. The van der Waals surface area contributed by atoms with E-state index in [9.17, 15) is 0 Å². The second kappa shape index (κ2) is 6.75. The highest BCUT2D eigenvalue weighted by atomic mass is 35.5. The molecule has 1 aromatic heterocycles. The Morgan fingerprint density at radius 2 is 1.83 bits per heavy atom. The Bertz CT molecular complexity index is 836. The van der Waals surface area contributed by atoms with E-state index in [1.807, 2.05) is 42.5 Å². The van der Waals surface area contributed by atoms with E-state index in [2.05, 4.69) is 4.98 Å². The van der Waals surface area contributed by atoms with Crippen LogP contribution in [-0.2, 0) is 6.61 Å². The van der Waals surface area contributed by atoms with Gasteiger partial charge in [0.05, 0.1) is 19.2 Å². The van der Waals surface area contributed by atoms with Gasteiger partial charge in [-0.15, -0.1) is 0 Å². The van der Waals surface area contributed by atoms with Gasteiger partial charge in [0.15, 0.2) is 0 Å². The molecule has 0 aliphatic carbocycles. The molecule has 0 radical (unpaired) electrons. The average Bonchev–Trinajstić information content (AvgIpc) is 2.61. The third-order valence-corrected chi connectivity index (χ3v) is 3.88. The van der Waals surface area contributed by atoms with Crippen LogP contribution in [0.15, 0.2) is 48.7 Å². The second-order valence-electron chi connectivity index (χ2n) is 4.91. The molecule has 0 aliphatic rings. The highest BCUT2D eigenvalue weighted by molar-refractivity contribution is 6.35. The van der Waals surface area contributed by atoms with Crippen molar-refractivity contribution in [3.05, 3.63) is 59.2 Å². The number of rotatable bonds is 5. The highest BCUT2D eigenvalue weighted by Gasteiger charge is 2.10. The summed E-state index contributed by atoms with van der Waals surface area (Å²) in [7, 11) is 3.26. The Hall–Kier alpha value is -2.46. The predicted molar refractivity (Wildman–Crippen MR) is 90.6 cm³/mol. The molecule has 0 fully saturated rings. The average molecular weight is 330 g/mol. The first-order valence-corrected chi connectivity index (χ1v) is 7.47. The quantitative estimate of drug-likeness (QED) is 0.691. The van der Waals surface area contributed by atoms with Crippen molar-refractivity contribution in [2.24, 2.45) is 0 Å². The minimum atomic E-state index is 0.341. The molecule has 0 saturated heterocycles. The Kier molecular flexibility index (Phi) is 4.53. The lowest BCUT2D eigenvalue weighted by Crippen LogP contribution is -2.00. The van der Waals surface area contributed by atoms with Crippen LogP contribution in [0.3, 0.4) is 0 Å². The van der Waals surface area contributed by atoms with Crippen molar-refractivity contribution >= 4 is 22.5 Å². The number of ether oxygens (including phenoxy) is 3. The van der Waals surface area contributed by atoms with Crippen molar-refractivity contribution in [3.63, 3.8) is 0 Å². The summed E-state index contributed by atoms with van der Waals surface area (Å²) in [5, 5.41) is 1.52. The first-order chi connectivity index (χ1) is 11.2. The normalized spacial score (nSPS) is 10.6. The third kappa shape index (κ3) is 3.17. The van der Waals surface area contributed by atoms with Gasteiger partial charge in [0.1, 0.15) is 29.4 Å². The molecule has 0 amide bonds. The first-order valence-electron chi connectivity index (χ1n) is 7.10. The molecule has 0 spiro atoms. The molecule has 118 valence electrons. The maximum absolute atomic E-state index is 6.20. The Balaban J connectivity index is 1.91. The van der Waals surface area contributed by atoms with Crippen molar-refractivity contribution in [1.82, 2.24) is 4.98 Å². The number of fused-ring (bicyclic) bond motifs is 1. The van der Waals surface area contributed by atoms with Gasteiger partial charge in [-0.2, -0.15) is 0 Å². The maximum atomic E-state index is 6.20. The minimum Gasteiger partial charge on any atom is -0.497 e. The summed E-state index contributed by atoms with van der Waals surface area (Å²) >= 11 is 6.20. The molecular formula is C18H16ClNO3. The van der Waals surface area contributed by atoms with Gasteiger partial charge in [0, 0.05) is 17.1 Å². The third-order valence-electron chi connectivity index (χ3n) is 3.55. The number of benzene rings is 2. The molecule has 23 heavy (non-hydrogen) atoms. The molecule has 4 nitrogen and oxygen atoms in total. The van der Waals surface area contributed by atoms with Gasteiger partial charge < -0.3 is 14.2 Å². The number of hydrogen-bond acceptors (Lipinski definition) is 4. The minimum absolute atomic E-state index is 0.341. The zero-order valence-corrected chi connectivity index (χ0v) is 13.6. The van der Waals surface area contributed by atoms with E-state index in [1.54, 1.807) is 20.4 Å². The summed E-state index contributed by atoms with van der Waals surface area (Å²) in [6.07, 6.45) is 1.72. The molecule has 1 heterocycles. The monoisotopic (exact) mass is 329 g/mol. The van der Waals surface area contributed by atoms with E-state index >= 15 is 0 Å². The topological polar surface area (TPSA) is 40.6 Å². The standard InChI is InChI=1S/C18H16ClNO3/c1-21-13-5-7-16(22-2)12(10-13)11-23-17-8-6-15(19)14-4-3-9-20-18(14)17/h3-10H,11H2,1-2H3. The number of aromatic nitrogens is 1. The van der Waals surface area contributed by atoms with E-state index in [1.165, 1.54) is 0 Å². The summed E-state index contributed by atoms with van der Waals surface area (Å²) < 4.78 is 16.6. The lowest BCUT2D eigenvalue weighted by molar-refractivity contribution is 0.298. The van der Waals surface area contributed by atoms with Crippen LogP contribution in [0.4, 0.5) is 0 Å². The Labute approximate surface area is 139 Å². The van der Waals surface area contributed by atoms with Crippen molar-refractivity contribution in [2.75, 3.05) is 14.2 Å². The van der Waals surface area contributed by atoms with Gasteiger partial charge in [-0.05, 0) is 42.5 Å². The maximum Gasteiger partial charge on any atom is 0.146 e. The molecule has 0 aliphatic heterocycles. The Morgan fingerprint density at radius 1 is 1.00 bits per heavy atom. The van der Waals surface area contributed by atoms with Crippen LogP contribution in [0.5, 0.6) is 17.2 Å². The highest BCUT2D eigenvalue weighted by Crippen LogP contribution is 2.31. The number of methoxy groups -OCH3 is 2. The fourth-order valence-electron chi connectivity index (χ4n) is 2.38. The number of hydrogen-bond donors (Lipinski definition) is 0. The van der Waals surface area contributed by atoms with E-state index in [4.69, 9.17) is 25.8 Å². The van der Waals surface area contributed by atoms with Gasteiger partial charge in [0.25, 0.3) is 0 Å². The number of pyridine rings is 1. The zero-order valence-electron chi connectivity index (χ0n) is 12.9. The summed E-state index contributed by atoms with van der Waals surface area (Å²) in [6, 6.07) is 13.0. The smallest absolute Gasteiger partial charge is 0.146 e. The molecule has 0 saturated carbocycles. The van der Waals surface area contributed by atoms with E-state index < -0.39 is 0 Å². The molecule has 3 aromatic rings. The zero-order chi connectivity index (χ0) is 16.2. The van der Waals surface area contributed by atoms with Gasteiger partial charge in [-0.3, -0.25) is 4.98 Å². The number of nitrogens with zero attached hydrogens (tertiary/aromatic N) is 1. The fraction of sp³-hybridized carbons (Fsp3) is 0.167. The second-order valence-corrected chi connectivity index (χ2v) is 5.32. The van der Waals surface area contributed by atoms with Crippen LogP contribution < -0.4 is 14.2 Å². The van der Waals surface area contributed by atoms with Crippen molar-refractivity contribution in [1.29, 1.82) is 0 Å². The van der Waals surface area contributed by atoms with E-state index in [0.29, 0.717) is 17.4 Å². The van der Waals surface area contributed by atoms with Crippen LogP contribution in [0.25, 0.3) is 10.9 Å². The van der Waals surface area contributed by atoms with Gasteiger partial charge in [0.2, 0.25) is 0 Å². The molecule has 2 aromatic carbocycles. The van der Waals surface area contributed by atoms with Gasteiger partial charge in [-0.1, -0.05) is 11.6 Å². The number of halogens is 1. The van der Waals surface area contributed by atoms with Crippen molar-refractivity contribution in [2.45, 2.75) is 6.61 Å². The van der Waals surface area contributed by atoms with Crippen molar-refractivity contribution < 1.29 is 14.2 Å². The first kappa shape index (κ1) is 15.4. The van der Waals surface area contributed by atoms with E-state index in [0.717, 1.165) is 28.0 Å². The molecule has 0 N–H and O–H groups in total. The molecular weight excluding hydrogens is 314 g/mol. The van der Waals surface area contributed by atoms with Crippen LogP contribution in [0, 0.1) is 0 Å². The van der Waals surface area contributed by atoms with E-state index in [-0.39, 0.29) is 0 Å². The Morgan fingerprint density at radius 3 is 2.61 bits per heavy atom. The van der Waals surface area contributed by atoms with Gasteiger partial charge in [-0.25, -0.2) is 0 Å². The van der Waals surface area contributed by atoms with Crippen LogP contribution in [0.2, 0.25) is 5.02 Å². The summed E-state index contributed by atoms with van der Waals surface area (Å²) in [6.45, 7) is 0.341. The van der Waals surface area contributed by atoms with Gasteiger partial charge >= 0.3 is 0 Å². The largest absolute Gasteiger partial charge is 0.497 e. The summed E-state index contributed by atoms with van der Waals surface area (Å²) in [4.78, 5) is 4.37. The van der Waals surface area contributed by atoms with Crippen LogP contribution in [-0.4, -0.2) is 19.2 Å². The lowest BCUT2D eigenvalue weighted by atomic mass is 10.2. The van der Waals surface area contributed by atoms with Crippen LogP contribution >= 0.6 is 11.6 Å². The predicted octanol–water partition coefficient (Wildman–Crippen LogP) is 4.48. The molecule has 0 bridgehead atoms. The van der Waals surface area contributed by atoms with Crippen molar-refractivity contribution in [3.8, 4) is 17.2 Å². The van der Waals surface area contributed by atoms with Crippen LogP contribution in [0.1, 0.15) is 5.56 Å². The summed E-state index contributed by atoms with van der Waals surface area (Å²) in [5.41, 5.74) is 1.63. The SMILES string of the molecule is COc1ccc(OC)c(COc2ccc(Cl)c3cccnc23)c1. The lowest BCUT2D eigenvalue weighted by Gasteiger charge is -2.13. The molecule has 3 rings (SSSR count). The molecule has 5 heteroatoms.